The van der Waals surface area contributed by atoms with Crippen LogP contribution in [0.4, 0.5) is 0 Å². The molecule has 2 heterocycles. The maximum Gasteiger partial charge on any atom is 0.229 e. The van der Waals surface area contributed by atoms with Crippen LogP contribution < -0.4 is 4.74 Å². The van der Waals surface area contributed by atoms with Crippen molar-refractivity contribution in [2.45, 2.75) is 19.4 Å². The molecule has 0 bridgehead atoms. The van der Waals surface area contributed by atoms with Gasteiger partial charge in [-0.2, -0.15) is 0 Å². The van der Waals surface area contributed by atoms with Gasteiger partial charge in [-0.05, 0) is 47.5 Å². The number of nitrogens with zero attached hydrogens (tertiary/aromatic N) is 3. The van der Waals surface area contributed by atoms with Gasteiger partial charge in [-0.1, -0.05) is 36.4 Å². The Bertz CT molecular complexity index is 1230. The molecule has 0 radical (unpaired) electrons. The average molecular weight is 446 g/mol. The predicted octanol–water partition coefficient (Wildman–Crippen LogP) is 4.91. The van der Waals surface area contributed by atoms with Crippen molar-refractivity contribution < 1.29 is 9.53 Å². The Morgan fingerprint density at radius 1 is 1.03 bits per heavy atom. The molecule has 164 valence electrons. The molecular formula is C26H27N3O2S. The van der Waals surface area contributed by atoms with E-state index >= 15 is 0 Å². The Hall–Kier alpha value is -2.96. The van der Waals surface area contributed by atoms with E-state index in [1.54, 1.807) is 18.4 Å². The number of carbonyl (C=O) groups is 1. The fourth-order valence-corrected chi connectivity index (χ4v) is 5.37. The summed E-state index contributed by atoms with van der Waals surface area (Å²) in [5, 5.41) is 3.40. The second-order valence-electron chi connectivity index (χ2n) is 8.37. The van der Waals surface area contributed by atoms with Crippen LogP contribution in [0.3, 0.4) is 0 Å². The lowest BCUT2D eigenvalue weighted by molar-refractivity contribution is -0.134. The second kappa shape index (κ2) is 8.88. The summed E-state index contributed by atoms with van der Waals surface area (Å²) in [6.07, 6.45) is 0. The monoisotopic (exact) mass is 445 g/mol. The molecule has 1 atom stereocenters. The number of fused-ring (bicyclic) bond motifs is 2. The summed E-state index contributed by atoms with van der Waals surface area (Å²) in [5.74, 6) is 0.896. The fourth-order valence-electron chi connectivity index (χ4n) is 4.36. The maximum absolute atomic E-state index is 13.2. The van der Waals surface area contributed by atoms with Gasteiger partial charge in [-0.15, -0.1) is 11.3 Å². The van der Waals surface area contributed by atoms with Crippen LogP contribution in [0.15, 0.2) is 60.7 Å². The van der Waals surface area contributed by atoms with Crippen LogP contribution >= 0.6 is 11.3 Å². The van der Waals surface area contributed by atoms with E-state index in [4.69, 9.17) is 9.72 Å². The molecule has 1 amide bonds. The molecule has 5 rings (SSSR count). The molecule has 1 aliphatic rings. The van der Waals surface area contributed by atoms with Gasteiger partial charge in [0.2, 0.25) is 5.91 Å². The van der Waals surface area contributed by atoms with Crippen LogP contribution in [-0.2, 0) is 11.3 Å². The summed E-state index contributed by atoms with van der Waals surface area (Å²) in [6.45, 7) is 6.15. The number of methoxy groups -OCH3 is 1. The van der Waals surface area contributed by atoms with Crippen LogP contribution in [0.25, 0.3) is 21.0 Å². The van der Waals surface area contributed by atoms with E-state index in [0.29, 0.717) is 0 Å². The number of thiazole rings is 1. The Kier molecular flexibility index (Phi) is 5.81. The third-order valence-corrected chi connectivity index (χ3v) is 7.34. The number of hydrogen-bond donors (Lipinski definition) is 0. The van der Waals surface area contributed by atoms with E-state index < -0.39 is 0 Å². The molecule has 6 heteroatoms. The predicted molar refractivity (Wildman–Crippen MR) is 130 cm³/mol. The zero-order chi connectivity index (χ0) is 22.1. The first-order valence-electron chi connectivity index (χ1n) is 11.0. The van der Waals surface area contributed by atoms with Crippen molar-refractivity contribution in [3.8, 4) is 5.75 Å². The summed E-state index contributed by atoms with van der Waals surface area (Å²) in [4.78, 5) is 22.4. The standard InChI is InChI=1S/C26H27N3O2S/c1-18(19-7-8-21-16-22(31-2)10-9-20(21)15-19)26(30)29-13-11-28(12-14-29)17-25-27-23-5-3-4-6-24(23)32-25/h3-10,15-16,18H,11-14,17H2,1-2H3/t18-/m0/s1. The molecule has 0 unspecified atom stereocenters. The molecule has 0 aliphatic carbocycles. The van der Waals surface area contributed by atoms with E-state index in [-0.39, 0.29) is 11.8 Å². The number of benzene rings is 3. The van der Waals surface area contributed by atoms with Crippen molar-refractivity contribution in [1.82, 2.24) is 14.8 Å². The topological polar surface area (TPSA) is 45.7 Å². The third-order valence-electron chi connectivity index (χ3n) is 6.32. The maximum atomic E-state index is 13.2. The van der Waals surface area contributed by atoms with Gasteiger partial charge in [0.15, 0.2) is 0 Å². The molecule has 5 nitrogen and oxygen atoms in total. The first-order chi connectivity index (χ1) is 15.6. The molecule has 4 aromatic rings. The average Bonchev–Trinajstić information content (AvgIpc) is 3.25. The van der Waals surface area contributed by atoms with Crippen molar-refractivity contribution in [2.24, 2.45) is 0 Å². The number of amides is 1. The van der Waals surface area contributed by atoms with E-state index in [2.05, 4.69) is 47.4 Å². The normalized spacial score (nSPS) is 15.9. The third kappa shape index (κ3) is 4.20. The fraction of sp³-hybridized carbons (Fsp3) is 0.308. The molecule has 3 aromatic carbocycles. The van der Waals surface area contributed by atoms with Gasteiger partial charge in [0.05, 0.1) is 29.8 Å². The van der Waals surface area contributed by atoms with Crippen LogP contribution in [0.1, 0.15) is 23.4 Å². The number of ether oxygens (including phenoxy) is 1. The quantitative estimate of drug-likeness (QED) is 0.438. The molecule has 0 spiro atoms. The van der Waals surface area contributed by atoms with Crippen LogP contribution in [0.2, 0.25) is 0 Å². The molecule has 0 N–H and O–H groups in total. The summed E-state index contributed by atoms with van der Waals surface area (Å²) < 4.78 is 6.55. The van der Waals surface area contributed by atoms with Crippen molar-refractivity contribution in [1.29, 1.82) is 0 Å². The summed E-state index contributed by atoms with van der Waals surface area (Å²) in [5.41, 5.74) is 2.13. The highest BCUT2D eigenvalue weighted by Crippen LogP contribution is 2.27. The molecule has 0 saturated carbocycles. The number of rotatable bonds is 5. The second-order valence-corrected chi connectivity index (χ2v) is 9.49. The van der Waals surface area contributed by atoms with Crippen molar-refractivity contribution in [3.63, 3.8) is 0 Å². The Labute approximate surface area is 192 Å². The van der Waals surface area contributed by atoms with Gasteiger partial charge in [0, 0.05) is 26.2 Å². The lowest BCUT2D eigenvalue weighted by Crippen LogP contribution is -2.49. The van der Waals surface area contributed by atoms with Crippen LogP contribution in [0.5, 0.6) is 5.75 Å². The zero-order valence-electron chi connectivity index (χ0n) is 18.5. The smallest absolute Gasteiger partial charge is 0.229 e. The van der Waals surface area contributed by atoms with E-state index in [1.165, 1.54) is 4.70 Å². The largest absolute Gasteiger partial charge is 0.497 e. The van der Waals surface area contributed by atoms with Crippen molar-refractivity contribution in [3.05, 3.63) is 71.2 Å². The highest BCUT2D eigenvalue weighted by Gasteiger charge is 2.26. The van der Waals surface area contributed by atoms with Gasteiger partial charge in [0.1, 0.15) is 10.8 Å². The molecule has 1 saturated heterocycles. The molecule has 1 aromatic heterocycles. The van der Waals surface area contributed by atoms with Gasteiger partial charge in [0.25, 0.3) is 0 Å². The lowest BCUT2D eigenvalue weighted by Gasteiger charge is -2.35. The Balaban J connectivity index is 1.21. The summed E-state index contributed by atoms with van der Waals surface area (Å²) >= 11 is 1.76. The van der Waals surface area contributed by atoms with Crippen molar-refractivity contribution >= 4 is 38.2 Å². The number of hydrogen-bond acceptors (Lipinski definition) is 5. The van der Waals surface area contributed by atoms with Gasteiger partial charge >= 0.3 is 0 Å². The highest BCUT2D eigenvalue weighted by molar-refractivity contribution is 7.18. The van der Waals surface area contributed by atoms with Crippen molar-refractivity contribution in [2.75, 3.05) is 33.3 Å². The van der Waals surface area contributed by atoms with Crippen LogP contribution in [-0.4, -0.2) is 54.0 Å². The number of carbonyl (C=O) groups excluding carboxylic acids is 1. The molecule has 1 aliphatic heterocycles. The van der Waals surface area contributed by atoms with Gasteiger partial charge in [-0.25, -0.2) is 4.98 Å². The minimum atomic E-state index is -0.155. The van der Waals surface area contributed by atoms with E-state index in [9.17, 15) is 4.79 Å². The first-order valence-corrected chi connectivity index (χ1v) is 11.9. The summed E-state index contributed by atoms with van der Waals surface area (Å²) in [7, 11) is 1.68. The number of para-hydroxylation sites is 1. The van der Waals surface area contributed by atoms with Gasteiger partial charge < -0.3 is 9.64 Å². The zero-order valence-corrected chi connectivity index (χ0v) is 19.3. The minimum Gasteiger partial charge on any atom is -0.497 e. The first kappa shape index (κ1) is 20.9. The Morgan fingerprint density at radius 3 is 2.56 bits per heavy atom. The Morgan fingerprint density at radius 2 is 1.78 bits per heavy atom. The van der Waals surface area contributed by atoms with Crippen LogP contribution in [0, 0.1) is 0 Å². The van der Waals surface area contributed by atoms with E-state index in [0.717, 1.165) is 65.3 Å². The molecule has 1 fully saturated rings. The molecule has 32 heavy (non-hydrogen) atoms. The molecular weight excluding hydrogens is 418 g/mol. The number of piperazine rings is 1. The lowest BCUT2D eigenvalue weighted by atomic mass is 9.96. The highest BCUT2D eigenvalue weighted by atomic mass is 32.1. The van der Waals surface area contributed by atoms with E-state index in [1.807, 2.05) is 30.0 Å². The minimum absolute atomic E-state index is 0.155. The van der Waals surface area contributed by atoms with Gasteiger partial charge in [-0.3, -0.25) is 9.69 Å². The summed E-state index contributed by atoms with van der Waals surface area (Å²) in [6, 6.07) is 20.6. The SMILES string of the molecule is COc1ccc2cc([C@H](C)C(=O)N3CCN(Cc4nc5ccccc5s4)CC3)ccc2c1. The number of aromatic nitrogens is 1.